The third-order valence-electron chi connectivity index (χ3n) is 6.33. The zero-order valence-corrected chi connectivity index (χ0v) is 22.4. The number of aliphatic hydroxyl groups is 2. The zero-order valence-electron chi connectivity index (χ0n) is 20.0. The highest BCUT2D eigenvalue weighted by molar-refractivity contribution is 9.10. The summed E-state index contributed by atoms with van der Waals surface area (Å²) >= 11 is 9.12. The van der Waals surface area contributed by atoms with Crippen LogP contribution in [-0.4, -0.2) is 58.8 Å². The van der Waals surface area contributed by atoms with E-state index in [-0.39, 0.29) is 33.3 Å². The Morgan fingerprint density at radius 1 is 1.21 bits per heavy atom. The van der Waals surface area contributed by atoms with Crippen molar-refractivity contribution in [1.82, 2.24) is 29.8 Å². The number of hydrogen-bond donors (Lipinski definition) is 2. The number of hydrogen-bond acceptors (Lipinski definition) is 7. The van der Waals surface area contributed by atoms with Crippen LogP contribution in [0.1, 0.15) is 35.8 Å². The van der Waals surface area contributed by atoms with Crippen molar-refractivity contribution in [3.05, 3.63) is 75.1 Å². The Balaban J connectivity index is 1.53. The number of nitrogens with zero attached hydrogens (tertiary/aromatic N) is 6. The van der Waals surface area contributed by atoms with Gasteiger partial charge in [0, 0.05) is 17.0 Å². The minimum atomic E-state index is -4.71. The Bertz CT molecular complexity index is 1510. The van der Waals surface area contributed by atoms with E-state index in [1.807, 2.05) is 0 Å². The summed E-state index contributed by atoms with van der Waals surface area (Å²) in [7, 11) is 0. The maximum atomic E-state index is 14.1. The lowest BCUT2D eigenvalue weighted by molar-refractivity contribution is -0.161. The second-order valence-corrected chi connectivity index (χ2v) is 10.2. The van der Waals surface area contributed by atoms with Crippen LogP contribution in [0.25, 0.3) is 16.9 Å². The lowest BCUT2D eigenvalue weighted by Crippen LogP contribution is -2.45. The van der Waals surface area contributed by atoms with Crippen molar-refractivity contribution in [3.63, 3.8) is 0 Å². The van der Waals surface area contributed by atoms with Gasteiger partial charge in [0.15, 0.2) is 5.82 Å². The molecule has 4 aromatic rings. The van der Waals surface area contributed by atoms with E-state index in [4.69, 9.17) is 16.3 Å². The Morgan fingerprint density at radius 3 is 2.67 bits per heavy atom. The molecule has 1 saturated heterocycles. The van der Waals surface area contributed by atoms with Crippen molar-refractivity contribution in [2.75, 3.05) is 6.61 Å². The minimum absolute atomic E-state index is 0.00475. The molecule has 2 aromatic heterocycles. The van der Waals surface area contributed by atoms with Crippen LogP contribution in [0.3, 0.4) is 0 Å². The molecule has 2 aromatic carbocycles. The molecule has 1 aliphatic heterocycles. The molecule has 1 aliphatic rings. The number of aromatic nitrogens is 6. The summed E-state index contributed by atoms with van der Waals surface area (Å²) in [5.74, 6) is -0.307. The van der Waals surface area contributed by atoms with Crippen LogP contribution >= 0.6 is 27.5 Å². The first-order valence-corrected chi connectivity index (χ1v) is 12.8. The smallest absolute Gasteiger partial charge is 0.394 e. The Hall–Kier alpha value is -2.91. The van der Waals surface area contributed by atoms with E-state index in [1.165, 1.54) is 29.9 Å². The molecule has 0 amide bonds. The topological polar surface area (TPSA) is 111 Å². The van der Waals surface area contributed by atoms with E-state index >= 15 is 0 Å². The quantitative estimate of drug-likeness (QED) is 0.304. The Labute approximate surface area is 232 Å². The van der Waals surface area contributed by atoms with Crippen LogP contribution in [-0.2, 0) is 10.9 Å². The number of halogens is 6. The van der Waals surface area contributed by atoms with Gasteiger partial charge < -0.3 is 14.9 Å². The average Bonchev–Trinajstić information content (AvgIpc) is 3.52. The number of rotatable bonds is 5. The SMILES string of the molecule is Cc1nc(C2CC(n3cc(-c4ccc(Br)c(F)c4)nn3)C(O)C(CO)O2)n(-c2cc(Cl)ccc2C(F)(F)F)n1. The molecule has 206 valence electrons. The van der Waals surface area contributed by atoms with E-state index in [9.17, 15) is 27.8 Å². The molecular formula is C24H20BrClF4N6O3. The van der Waals surface area contributed by atoms with Crippen molar-refractivity contribution < 1.29 is 32.5 Å². The van der Waals surface area contributed by atoms with Gasteiger partial charge in [0.25, 0.3) is 0 Å². The number of aliphatic hydroxyl groups excluding tert-OH is 2. The number of aryl methyl sites for hydroxylation is 1. The van der Waals surface area contributed by atoms with E-state index in [2.05, 4.69) is 36.3 Å². The Morgan fingerprint density at radius 2 is 1.97 bits per heavy atom. The predicted octanol–water partition coefficient (Wildman–Crippen LogP) is 4.83. The molecular weight excluding hydrogens is 612 g/mol. The van der Waals surface area contributed by atoms with Crippen LogP contribution in [0, 0.1) is 12.7 Å². The van der Waals surface area contributed by atoms with Gasteiger partial charge in [-0.3, -0.25) is 0 Å². The zero-order chi connectivity index (χ0) is 28.1. The molecule has 0 radical (unpaired) electrons. The normalized spacial score (nSPS) is 21.9. The van der Waals surface area contributed by atoms with Crippen molar-refractivity contribution in [1.29, 1.82) is 0 Å². The first-order chi connectivity index (χ1) is 18.5. The van der Waals surface area contributed by atoms with Gasteiger partial charge in [0.2, 0.25) is 0 Å². The molecule has 39 heavy (non-hydrogen) atoms. The first-order valence-electron chi connectivity index (χ1n) is 11.6. The third kappa shape index (κ3) is 5.43. The summed E-state index contributed by atoms with van der Waals surface area (Å²) in [6, 6.07) is 6.71. The van der Waals surface area contributed by atoms with Gasteiger partial charge in [-0.15, -0.1) is 5.10 Å². The highest BCUT2D eigenvalue weighted by atomic mass is 79.9. The first kappa shape index (κ1) is 27.6. The molecule has 0 bridgehead atoms. The molecule has 4 unspecified atom stereocenters. The molecule has 15 heteroatoms. The molecule has 9 nitrogen and oxygen atoms in total. The molecule has 4 atom stereocenters. The van der Waals surface area contributed by atoms with Gasteiger partial charge >= 0.3 is 6.18 Å². The molecule has 0 saturated carbocycles. The van der Waals surface area contributed by atoms with Crippen LogP contribution in [0.15, 0.2) is 47.1 Å². The fraction of sp³-hybridized carbons (Fsp3) is 0.333. The number of ether oxygens (including phenoxy) is 1. The van der Waals surface area contributed by atoms with E-state index in [0.29, 0.717) is 11.3 Å². The fourth-order valence-corrected chi connectivity index (χ4v) is 4.91. The summed E-state index contributed by atoms with van der Waals surface area (Å²) in [6.07, 6.45) is -6.59. The third-order valence-corrected chi connectivity index (χ3v) is 7.21. The fourth-order valence-electron chi connectivity index (χ4n) is 4.50. The summed E-state index contributed by atoms with van der Waals surface area (Å²) in [5.41, 5.74) is -0.566. The second-order valence-electron chi connectivity index (χ2n) is 8.94. The van der Waals surface area contributed by atoms with Crippen LogP contribution in [0.4, 0.5) is 17.6 Å². The van der Waals surface area contributed by atoms with Crippen molar-refractivity contribution in [2.24, 2.45) is 0 Å². The lowest BCUT2D eigenvalue weighted by atomic mass is 9.95. The highest BCUT2D eigenvalue weighted by Crippen LogP contribution is 2.40. The van der Waals surface area contributed by atoms with Crippen molar-refractivity contribution in [2.45, 2.75) is 43.9 Å². The molecule has 0 aliphatic carbocycles. The van der Waals surface area contributed by atoms with Crippen molar-refractivity contribution in [3.8, 4) is 16.9 Å². The highest BCUT2D eigenvalue weighted by Gasteiger charge is 2.42. The van der Waals surface area contributed by atoms with Crippen LogP contribution in [0.2, 0.25) is 5.02 Å². The summed E-state index contributed by atoms with van der Waals surface area (Å²) in [4.78, 5) is 4.32. The number of benzene rings is 2. The van der Waals surface area contributed by atoms with Gasteiger partial charge in [0.05, 0.1) is 34.6 Å². The summed E-state index contributed by atoms with van der Waals surface area (Å²) < 4.78 is 64.1. The van der Waals surface area contributed by atoms with Gasteiger partial charge in [-0.05, 0) is 53.2 Å². The molecule has 2 N–H and O–H groups in total. The average molecular weight is 632 g/mol. The maximum absolute atomic E-state index is 14.1. The summed E-state index contributed by atoms with van der Waals surface area (Å²) in [6.45, 7) is 0.920. The Kier molecular flexibility index (Phi) is 7.50. The second kappa shape index (κ2) is 10.6. The lowest BCUT2D eigenvalue weighted by Gasteiger charge is -2.38. The van der Waals surface area contributed by atoms with Crippen LogP contribution in [0.5, 0.6) is 0 Å². The molecule has 3 heterocycles. The predicted molar refractivity (Wildman–Crippen MR) is 134 cm³/mol. The standard InChI is InChI=1S/C24H20BrClF4N6O3/c1-11-31-23(36(33-11)18-7-13(26)3-4-14(18)24(28,29)30)20-8-19(22(38)21(10-37)39-20)35-9-17(32-34-35)12-2-5-15(25)16(27)6-12/h2-7,9,19-22,37-38H,8,10H2,1H3. The largest absolute Gasteiger partial charge is 0.418 e. The van der Waals surface area contributed by atoms with E-state index < -0.39 is 48.5 Å². The maximum Gasteiger partial charge on any atom is 0.418 e. The van der Waals surface area contributed by atoms with Crippen molar-refractivity contribution >= 4 is 27.5 Å². The molecule has 1 fully saturated rings. The monoisotopic (exact) mass is 630 g/mol. The van der Waals surface area contributed by atoms with Gasteiger partial charge in [-0.2, -0.15) is 18.3 Å². The van der Waals surface area contributed by atoms with Gasteiger partial charge in [-0.1, -0.05) is 22.9 Å². The molecule has 0 spiro atoms. The van der Waals surface area contributed by atoms with Gasteiger partial charge in [0.1, 0.15) is 35.6 Å². The van der Waals surface area contributed by atoms with Crippen LogP contribution < -0.4 is 0 Å². The summed E-state index contributed by atoms with van der Waals surface area (Å²) in [5, 5.41) is 33.2. The van der Waals surface area contributed by atoms with E-state index in [1.54, 1.807) is 6.07 Å². The number of alkyl halides is 3. The van der Waals surface area contributed by atoms with E-state index in [0.717, 1.165) is 22.9 Å². The van der Waals surface area contributed by atoms with Gasteiger partial charge in [-0.25, -0.2) is 18.7 Å². The minimum Gasteiger partial charge on any atom is -0.394 e. The molecule has 5 rings (SSSR count).